The molecule has 2 aromatic carbocycles. The lowest BCUT2D eigenvalue weighted by Gasteiger charge is -2.22. The Morgan fingerprint density at radius 1 is 0.976 bits per heavy atom. The van der Waals surface area contributed by atoms with Crippen LogP contribution in [0.15, 0.2) is 81.1 Å². The number of anilines is 2. The van der Waals surface area contributed by atoms with Gasteiger partial charge in [-0.15, -0.1) is 25.4 Å². The molecule has 2 heterocycles. The van der Waals surface area contributed by atoms with Crippen LogP contribution in [-0.2, 0) is 4.74 Å². The maximum absolute atomic E-state index is 13.7. The Labute approximate surface area is 240 Å². The van der Waals surface area contributed by atoms with Crippen molar-refractivity contribution in [1.29, 1.82) is 5.26 Å². The number of nitrogens with zero attached hydrogens (tertiary/aromatic N) is 9. The molecule has 41 heavy (non-hydrogen) atoms. The molecule has 0 radical (unpaired) electrons. The molecule has 4 rings (SSSR count). The van der Waals surface area contributed by atoms with E-state index in [0.717, 1.165) is 11.4 Å². The molecule has 0 aliphatic rings. The minimum absolute atomic E-state index is 0.0823. The van der Waals surface area contributed by atoms with Crippen LogP contribution in [0.3, 0.4) is 0 Å². The van der Waals surface area contributed by atoms with Gasteiger partial charge in [-0.1, -0.05) is 29.5 Å². The van der Waals surface area contributed by atoms with Gasteiger partial charge in [-0.05, 0) is 49.4 Å². The highest BCUT2D eigenvalue weighted by atomic mass is 32.1. The van der Waals surface area contributed by atoms with Crippen LogP contribution in [0.4, 0.5) is 37.4 Å². The number of methoxy groups -OCH3 is 1. The Balaban J connectivity index is 1.34. The summed E-state index contributed by atoms with van der Waals surface area (Å²) >= 11 is 1.24. The summed E-state index contributed by atoms with van der Waals surface area (Å²) in [6.07, 6.45) is -0.927. The molecular weight excluding hydrogens is 547 g/mol. The van der Waals surface area contributed by atoms with Crippen LogP contribution in [0, 0.1) is 17.4 Å². The molecule has 0 atom stereocenters. The number of azo groups is 2. The maximum Gasteiger partial charge on any atom is 0.323 e. The van der Waals surface area contributed by atoms with Gasteiger partial charge in [-0.2, -0.15) is 19.6 Å². The summed E-state index contributed by atoms with van der Waals surface area (Å²) in [6, 6.07) is 20.5. The number of halogens is 1. The summed E-state index contributed by atoms with van der Waals surface area (Å²) < 4.78 is 24.3. The highest BCUT2D eigenvalue weighted by Crippen LogP contribution is 2.37. The first-order chi connectivity index (χ1) is 20.1. The van der Waals surface area contributed by atoms with E-state index < -0.39 is 6.08 Å². The van der Waals surface area contributed by atoms with Gasteiger partial charge in [0.25, 0.3) is 0 Å². The third-order valence-electron chi connectivity index (χ3n) is 5.46. The van der Waals surface area contributed by atoms with E-state index in [9.17, 15) is 9.65 Å². The molecule has 1 N–H and O–H groups in total. The van der Waals surface area contributed by atoms with Crippen LogP contribution < -0.4 is 15.0 Å². The first kappa shape index (κ1) is 29.1. The molecule has 12 nitrogen and oxygen atoms in total. The van der Waals surface area contributed by atoms with E-state index in [1.165, 1.54) is 11.3 Å². The van der Waals surface area contributed by atoms with E-state index in [2.05, 4.69) is 51.7 Å². The average Bonchev–Trinajstić information content (AvgIpc) is 3.40. The molecule has 0 aliphatic heterocycles. The number of hydrogen-bond acceptors (Lipinski definition) is 13. The second-order valence-corrected chi connectivity index (χ2v) is 9.23. The van der Waals surface area contributed by atoms with Gasteiger partial charge < -0.3 is 19.7 Å². The topological polar surface area (TPSA) is 146 Å². The van der Waals surface area contributed by atoms with Crippen molar-refractivity contribution in [1.82, 2.24) is 15.0 Å². The fourth-order valence-electron chi connectivity index (χ4n) is 3.46. The van der Waals surface area contributed by atoms with Crippen LogP contribution in [0.25, 0.3) is 0 Å². The van der Waals surface area contributed by atoms with E-state index in [-0.39, 0.29) is 18.6 Å². The minimum Gasteiger partial charge on any atom is -0.461 e. The standard InChI is InChI=1S/C27H27FN10O2S/c1-3-38(14-16-40-27-32-25(28)31-26(33-27)30-13-15-39-2)22-11-9-21(10-12-22)35-37-24-19(18-29)17-23(41-24)36-34-20-7-5-4-6-8-20/h4-12,17H,3,13-16H2,1-2H3,(H,30,31,32,33). The molecule has 0 aliphatic carbocycles. The number of ether oxygens (including phenoxy) is 2. The van der Waals surface area contributed by atoms with Crippen molar-refractivity contribution in [3.63, 3.8) is 0 Å². The summed E-state index contributed by atoms with van der Waals surface area (Å²) in [6.45, 7) is 4.31. The number of nitrogens with one attached hydrogen (secondary N) is 1. The Hall–Kier alpha value is -4.87. The lowest BCUT2D eigenvalue weighted by Crippen LogP contribution is -2.28. The Kier molecular flexibility index (Phi) is 10.7. The van der Waals surface area contributed by atoms with Gasteiger partial charge in [0.05, 0.1) is 30.1 Å². The van der Waals surface area contributed by atoms with Crippen LogP contribution in [0.1, 0.15) is 12.5 Å². The van der Waals surface area contributed by atoms with Gasteiger partial charge in [-0.25, -0.2) is 0 Å². The van der Waals surface area contributed by atoms with E-state index >= 15 is 0 Å². The highest BCUT2D eigenvalue weighted by Gasteiger charge is 2.11. The molecule has 0 spiro atoms. The minimum atomic E-state index is -0.927. The summed E-state index contributed by atoms with van der Waals surface area (Å²) in [5.41, 5.74) is 2.66. The predicted molar refractivity (Wildman–Crippen MR) is 154 cm³/mol. The highest BCUT2D eigenvalue weighted by molar-refractivity contribution is 7.19. The third kappa shape index (κ3) is 8.82. The summed E-state index contributed by atoms with van der Waals surface area (Å²) in [7, 11) is 1.56. The molecule has 0 fully saturated rings. The van der Waals surface area contributed by atoms with Gasteiger partial charge in [0.2, 0.25) is 5.95 Å². The lowest BCUT2D eigenvalue weighted by atomic mass is 10.2. The first-order valence-corrected chi connectivity index (χ1v) is 13.4. The van der Waals surface area contributed by atoms with Crippen LogP contribution in [0.5, 0.6) is 6.01 Å². The Morgan fingerprint density at radius 3 is 2.46 bits per heavy atom. The second kappa shape index (κ2) is 15.1. The average molecular weight is 575 g/mol. The third-order valence-corrected chi connectivity index (χ3v) is 6.37. The molecule has 0 unspecified atom stereocenters. The van der Waals surface area contributed by atoms with Crippen molar-refractivity contribution in [2.45, 2.75) is 6.92 Å². The Bertz CT molecular complexity index is 1510. The molecule has 0 saturated carbocycles. The largest absolute Gasteiger partial charge is 0.461 e. The summed E-state index contributed by atoms with van der Waals surface area (Å²) in [5.74, 6) is 0.0823. The SMILES string of the molecule is CCN(CCOc1nc(F)nc(NCCOC)n1)c1ccc(N=Nc2sc(N=Nc3ccccc3)cc2C#N)cc1. The van der Waals surface area contributed by atoms with E-state index in [1.54, 1.807) is 13.2 Å². The van der Waals surface area contributed by atoms with Crippen molar-refractivity contribution < 1.29 is 13.9 Å². The zero-order chi connectivity index (χ0) is 28.9. The smallest absolute Gasteiger partial charge is 0.323 e. The van der Waals surface area contributed by atoms with Crippen LogP contribution in [0.2, 0.25) is 0 Å². The normalized spacial score (nSPS) is 11.2. The number of thiophene rings is 1. The number of benzene rings is 2. The van der Waals surface area contributed by atoms with Gasteiger partial charge in [0, 0.05) is 25.9 Å². The van der Waals surface area contributed by atoms with E-state index in [1.807, 2.05) is 61.5 Å². The van der Waals surface area contributed by atoms with Crippen molar-refractivity contribution in [2.75, 3.05) is 50.2 Å². The van der Waals surface area contributed by atoms with Crippen LogP contribution >= 0.6 is 11.3 Å². The zero-order valence-corrected chi connectivity index (χ0v) is 23.3. The van der Waals surface area contributed by atoms with Gasteiger partial charge >= 0.3 is 12.1 Å². The molecular formula is C27H27FN10O2S. The number of aromatic nitrogens is 3. The molecule has 4 aromatic rings. The van der Waals surface area contributed by atoms with Crippen molar-refractivity contribution in [2.24, 2.45) is 20.5 Å². The summed E-state index contributed by atoms with van der Waals surface area (Å²) in [4.78, 5) is 13.3. The molecule has 2 aromatic heterocycles. The monoisotopic (exact) mass is 574 g/mol. The predicted octanol–water partition coefficient (Wildman–Crippen LogP) is 6.74. The van der Waals surface area contributed by atoms with Gasteiger partial charge in [0.15, 0.2) is 5.00 Å². The number of rotatable bonds is 14. The van der Waals surface area contributed by atoms with E-state index in [4.69, 9.17) is 9.47 Å². The van der Waals surface area contributed by atoms with Crippen molar-refractivity contribution in [3.05, 3.63) is 72.3 Å². The van der Waals surface area contributed by atoms with E-state index in [0.29, 0.717) is 47.5 Å². The quantitative estimate of drug-likeness (QED) is 0.129. The van der Waals surface area contributed by atoms with Gasteiger partial charge in [0.1, 0.15) is 17.7 Å². The molecule has 0 bridgehead atoms. The second-order valence-electron chi connectivity index (χ2n) is 8.23. The molecule has 14 heteroatoms. The fraction of sp³-hybridized carbons (Fsp3) is 0.259. The maximum atomic E-state index is 13.7. The number of likely N-dealkylation sites (N-methyl/N-ethyl adjacent to an activating group) is 1. The molecule has 0 saturated heterocycles. The molecule has 210 valence electrons. The van der Waals surface area contributed by atoms with Gasteiger partial charge in [-0.3, -0.25) is 0 Å². The van der Waals surface area contributed by atoms with Crippen molar-refractivity contribution >= 4 is 44.3 Å². The molecule has 0 amide bonds. The van der Waals surface area contributed by atoms with Crippen LogP contribution in [-0.4, -0.2) is 54.9 Å². The lowest BCUT2D eigenvalue weighted by molar-refractivity contribution is 0.210. The zero-order valence-electron chi connectivity index (χ0n) is 22.4. The van der Waals surface area contributed by atoms with Crippen molar-refractivity contribution in [3.8, 4) is 12.1 Å². The number of hydrogen-bond donors (Lipinski definition) is 1. The number of nitriles is 1. The Morgan fingerprint density at radius 2 is 1.73 bits per heavy atom. The fourth-order valence-corrected chi connectivity index (χ4v) is 4.22. The first-order valence-electron chi connectivity index (χ1n) is 12.6. The summed E-state index contributed by atoms with van der Waals surface area (Å²) in [5, 5.41) is 30.3.